The summed E-state index contributed by atoms with van der Waals surface area (Å²) >= 11 is 0. The van der Waals surface area contributed by atoms with Crippen LogP contribution in [-0.2, 0) is 23.9 Å². The monoisotopic (exact) mass is 435 g/mol. The molecule has 1 aromatic rings. The maximum absolute atomic E-state index is 13.0. The number of phenols is 1. The van der Waals surface area contributed by atoms with Crippen LogP contribution in [0.1, 0.15) is 45.2 Å². The SMILES string of the molecule is COC(=O)CNC(=O)C(c1ccc(O)cc1)N(C(=O)CNC(=O)OC(C)(C)C)C1CC1. The maximum Gasteiger partial charge on any atom is 0.408 e. The molecule has 0 bridgehead atoms. The summed E-state index contributed by atoms with van der Waals surface area (Å²) in [6.45, 7) is 4.41. The second-order valence-electron chi connectivity index (χ2n) is 8.18. The lowest BCUT2D eigenvalue weighted by atomic mass is 10.0. The molecule has 1 aliphatic carbocycles. The molecule has 1 unspecified atom stereocenters. The van der Waals surface area contributed by atoms with Gasteiger partial charge in [-0.2, -0.15) is 0 Å². The Kier molecular flexibility index (Phi) is 7.84. The Morgan fingerprint density at radius 1 is 1.10 bits per heavy atom. The van der Waals surface area contributed by atoms with Gasteiger partial charge in [-0.25, -0.2) is 4.79 Å². The van der Waals surface area contributed by atoms with Gasteiger partial charge in [0, 0.05) is 6.04 Å². The number of alkyl carbamates (subject to hydrolysis) is 1. The van der Waals surface area contributed by atoms with Gasteiger partial charge in [-0.3, -0.25) is 14.4 Å². The summed E-state index contributed by atoms with van der Waals surface area (Å²) in [5, 5.41) is 14.5. The van der Waals surface area contributed by atoms with Crippen molar-refractivity contribution in [2.24, 2.45) is 0 Å². The quantitative estimate of drug-likeness (QED) is 0.523. The number of ether oxygens (including phenoxy) is 2. The van der Waals surface area contributed by atoms with Gasteiger partial charge < -0.3 is 30.1 Å². The van der Waals surface area contributed by atoms with E-state index in [-0.39, 0.29) is 24.9 Å². The van der Waals surface area contributed by atoms with Gasteiger partial charge in [0.05, 0.1) is 7.11 Å². The van der Waals surface area contributed by atoms with Gasteiger partial charge in [-0.1, -0.05) is 12.1 Å². The highest BCUT2D eigenvalue weighted by atomic mass is 16.6. The van der Waals surface area contributed by atoms with E-state index in [1.165, 1.54) is 36.3 Å². The van der Waals surface area contributed by atoms with E-state index in [0.717, 1.165) is 0 Å². The van der Waals surface area contributed by atoms with Gasteiger partial charge in [0.2, 0.25) is 11.8 Å². The van der Waals surface area contributed by atoms with E-state index in [4.69, 9.17) is 4.74 Å². The molecule has 0 radical (unpaired) electrons. The number of phenolic OH excluding ortho intramolecular Hbond substituents is 1. The van der Waals surface area contributed by atoms with Crippen molar-refractivity contribution in [3.8, 4) is 5.75 Å². The number of carbonyl (C=O) groups excluding carboxylic acids is 4. The lowest BCUT2D eigenvalue weighted by molar-refractivity contribution is -0.144. The highest BCUT2D eigenvalue weighted by Crippen LogP contribution is 2.35. The van der Waals surface area contributed by atoms with Crippen LogP contribution in [0.15, 0.2) is 24.3 Å². The summed E-state index contributed by atoms with van der Waals surface area (Å²) in [5.41, 5.74) is -0.260. The third-order valence-electron chi connectivity index (χ3n) is 4.38. The van der Waals surface area contributed by atoms with E-state index in [1.807, 2.05) is 0 Å². The molecule has 0 aromatic heterocycles. The Bertz CT molecular complexity index is 813. The average Bonchev–Trinajstić information content (AvgIpc) is 3.52. The first kappa shape index (κ1) is 24.0. The molecule has 31 heavy (non-hydrogen) atoms. The van der Waals surface area contributed by atoms with Gasteiger partial charge in [0.1, 0.15) is 30.5 Å². The van der Waals surface area contributed by atoms with Gasteiger partial charge in [0.25, 0.3) is 0 Å². The molecular weight excluding hydrogens is 406 g/mol. The van der Waals surface area contributed by atoms with Crippen LogP contribution in [0.3, 0.4) is 0 Å². The summed E-state index contributed by atoms with van der Waals surface area (Å²) in [5.74, 6) is -1.67. The van der Waals surface area contributed by atoms with E-state index >= 15 is 0 Å². The zero-order valence-electron chi connectivity index (χ0n) is 18.1. The van der Waals surface area contributed by atoms with Gasteiger partial charge in [-0.15, -0.1) is 0 Å². The first-order valence-corrected chi connectivity index (χ1v) is 9.93. The number of aromatic hydroxyl groups is 1. The molecule has 1 fully saturated rings. The van der Waals surface area contributed by atoms with Crippen LogP contribution in [0.5, 0.6) is 5.75 Å². The second kappa shape index (κ2) is 10.1. The fraction of sp³-hybridized carbons (Fsp3) is 0.524. The number of amides is 3. The van der Waals surface area contributed by atoms with E-state index < -0.39 is 35.5 Å². The molecule has 10 nitrogen and oxygen atoms in total. The predicted octanol–water partition coefficient (Wildman–Crippen LogP) is 1.24. The summed E-state index contributed by atoms with van der Waals surface area (Å²) in [6.07, 6.45) is 0.668. The molecule has 1 saturated carbocycles. The van der Waals surface area contributed by atoms with Crippen molar-refractivity contribution in [3.05, 3.63) is 29.8 Å². The van der Waals surface area contributed by atoms with Crippen LogP contribution in [0, 0.1) is 0 Å². The Morgan fingerprint density at radius 3 is 2.23 bits per heavy atom. The molecule has 10 heteroatoms. The smallest absolute Gasteiger partial charge is 0.408 e. The van der Waals surface area contributed by atoms with Crippen molar-refractivity contribution in [2.75, 3.05) is 20.2 Å². The third-order valence-corrected chi connectivity index (χ3v) is 4.38. The van der Waals surface area contributed by atoms with E-state index in [0.29, 0.717) is 18.4 Å². The van der Waals surface area contributed by atoms with Crippen molar-refractivity contribution in [3.63, 3.8) is 0 Å². The van der Waals surface area contributed by atoms with Gasteiger partial charge in [0.15, 0.2) is 0 Å². The number of methoxy groups -OCH3 is 1. The molecule has 1 aromatic carbocycles. The first-order chi connectivity index (χ1) is 14.5. The van der Waals surface area contributed by atoms with Crippen molar-refractivity contribution in [1.82, 2.24) is 15.5 Å². The molecule has 1 atom stereocenters. The minimum atomic E-state index is -1.05. The highest BCUT2D eigenvalue weighted by Gasteiger charge is 2.41. The minimum Gasteiger partial charge on any atom is -0.508 e. The van der Waals surface area contributed by atoms with E-state index in [9.17, 15) is 24.3 Å². The average molecular weight is 435 g/mol. The van der Waals surface area contributed by atoms with Crippen molar-refractivity contribution >= 4 is 23.9 Å². The summed E-state index contributed by atoms with van der Waals surface area (Å²) in [6, 6.07) is 4.64. The molecule has 1 aliphatic rings. The van der Waals surface area contributed by atoms with Crippen LogP contribution in [0.4, 0.5) is 4.79 Å². The van der Waals surface area contributed by atoms with Gasteiger partial charge in [-0.05, 0) is 51.3 Å². The number of hydrogen-bond acceptors (Lipinski definition) is 7. The number of rotatable bonds is 8. The van der Waals surface area contributed by atoms with Crippen molar-refractivity contribution < 1.29 is 33.8 Å². The van der Waals surface area contributed by atoms with Crippen LogP contribution in [0.2, 0.25) is 0 Å². The molecule has 2 rings (SSSR count). The molecule has 0 heterocycles. The normalized spacial score (nSPS) is 14.2. The number of nitrogens with zero attached hydrogens (tertiary/aromatic N) is 1. The largest absolute Gasteiger partial charge is 0.508 e. The van der Waals surface area contributed by atoms with Crippen LogP contribution < -0.4 is 10.6 Å². The Labute approximate surface area is 180 Å². The number of carbonyl (C=O) groups is 4. The molecule has 0 spiro atoms. The second-order valence-corrected chi connectivity index (χ2v) is 8.18. The van der Waals surface area contributed by atoms with Crippen LogP contribution in [0.25, 0.3) is 0 Å². The Hall–Kier alpha value is -3.30. The Balaban J connectivity index is 2.21. The van der Waals surface area contributed by atoms with E-state index in [2.05, 4.69) is 15.4 Å². The molecular formula is C21H29N3O7. The highest BCUT2D eigenvalue weighted by molar-refractivity contribution is 5.92. The fourth-order valence-corrected chi connectivity index (χ4v) is 2.89. The molecule has 0 saturated heterocycles. The number of hydrogen-bond donors (Lipinski definition) is 3. The molecule has 3 amide bonds. The minimum absolute atomic E-state index is 0.00774. The standard InChI is InChI=1S/C21H29N3O7/c1-21(2,3)31-20(29)23-11-16(26)24(14-7-8-14)18(13-5-9-15(25)10-6-13)19(28)22-12-17(27)30-4/h5-6,9-10,14,18,25H,7-8,11-12H2,1-4H3,(H,22,28)(H,23,29). The first-order valence-electron chi connectivity index (χ1n) is 9.93. The van der Waals surface area contributed by atoms with Crippen molar-refractivity contribution in [2.45, 2.75) is 51.3 Å². The number of benzene rings is 1. The molecule has 0 aliphatic heterocycles. The lowest BCUT2D eigenvalue weighted by Gasteiger charge is -2.31. The Morgan fingerprint density at radius 2 is 1.71 bits per heavy atom. The summed E-state index contributed by atoms with van der Waals surface area (Å²) in [7, 11) is 1.20. The maximum atomic E-state index is 13.0. The van der Waals surface area contributed by atoms with Crippen LogP contribution >= 0.6 is 0 Å². The zero-order chi connectivity index (χ0) is 23.2. The number of esters is 1. The fourth-order valence-electron chi connectivity index (χ4n) is 2.89. The molecule has 3 N–H and O–H groups in total. The predicted molar refractivity (Wildman–Crippen MR) is 110 cm³/mol. The van der Waals surface area contributed by atoms with Crippen molar-refractivity contribution in [1.29, 1.82) is 0 Å². The lowest BCUT2D eigenvalue weighted by Crippen LogP contribution is -2.49. The summed E-state index contributed by atoms with van der Waals surface area (Å²) in [4.78, 5) is 50.8. The third kappa shape index (κ3) is 7.47. The van der Waals surface area contributed by atoms with E-state index in [1.54, 1.807) is 20.8 Å². The van der Waals surface area contributed by atoms with Gasteiger partial charge >= 0.3 is 12.1 Å². The topological polar surface area (TPSA) is 134 Å². The summed E-state index contributed by atoms with van der Waals surface area (Å²) < 4.78 is 9.69. The number of nitrogens with one attached hydrogen (secondary N) is 2. The van der Waals surface area contributed by atoms with Crippen LogP contribution in [-0.4, -0.2) is 65.7 Å². The zero-order valence-corrected chi connectivity index (χ0v) is 18.1. The molecule has 170 valence electrons.